The summed E-state index contributed by atoms with van der Waals surface area (Å²) in [5.41, 5.74) is 0. The molecule has 2 heterocycles. The van der Waals surface area contributed by atoms with E-state index in [0.29, 0.717) is 10.0 Å². The molecule has 0 fully saturated rings. The van der Waals surface area contributed by atoms with Crippen LogP contribution >= 0.6 is 22.7 Å². The van der Waals surface area contributed by atoms with E-state index in [0.717, 1.165) is 0 Å². The first-order chi connectivity index (χ1) is 5.88. The van der Waals surface area contributed by atoms with Gasteiger partial charge in [-0.3, -0.25) is 0 Å². The Balaban J connectivity index is 2.27. The van der Waals surface area contributed by atoms with Gasteiger partial charge in [0.1, 0.15) is 10.0 Å². The molecule has 0 bridgehead atoms. The first-order valence-corrected chi connectivity index (χ1v) is 5.10. The van der Waals surface area contributed by atoms with E-state index in [9.17, 15) is 5.11 Å². The van der Waals surface area contributed by atoms with E-state index in [-0.39, 0.29) is 0 Å². The van der Waals surface area contributed by atoms with Gasteiger partial charge in [-0.25, -0.2) is 9.97 Å². The number of rotatable bonds is 2. The second-order valence-corrected chi connectivity index (χ2v) is 4.00. The number of aliphatic hydroxyl groups excluding tert-OH is 1. The van der Waals surface area contributed by atoms with Gasteiger partial charge >= 0.3 is 0 Å². The molecule has 2 aromatic heterocycles. The molecule has 0 aliphatic rings. The Hall–Kier alpha value is -0.780. The fourth-order valence-electron chi connectivity index (χ4n) is 0.845. The summed E-state index contributed by atoms with van der Waals surface area (Å²) in [5.74, 6) is 0. The fourth-order valence-corrected chi connectivity index (χ4v) is 2.17. The first-order valence-electron chi connectivity index (χ1n) is 3.35. The molecule has 0 unspecified atom stereocenters. The van der Waals surface area contributed by atoms with E-state index in [1.165, 1.54) is 22.7 Å². The average molecular weight is 198 g/mol. The zero-order valence-electron chi connectivity index (χ0n) is 6.04. The van der Waals surface area contributed by atoms with E-state index in [1.54, 1.807) is 12.4 Å². The van der Waals surface area contributed by atoms with Crippen LogP contribution in [0.1, 0.15) is 16.1 Å². The van der Waals surface area contributed by atoms with Crippen LogP contribution in [0.2, 0.25) is 0 Å². The lowest BCUT2D eigenvalue weighted by molar-refractivity contribution is 0.219. The van der Waals surface area contributed by atoms with Crippen LogP contribution in [0.25, 0.3) is 0 Å². The number of nitrogens with zero attached hydrogens (tertiary/aromatic N) is 2. The highest BCUT2D eigenvalue weighted by molar-refractivity contribution is 7.11. The molecule has 5 heteroatoms. The van der Waals surface area contributed by atoms with Crippen molar-refractivity contribution in [1.82, 2.24) is 9.97 Å². The monoisotopic (exact) mass is 198 g/mol. The molecule has 12 heavy (non-hydrogen) atoms. The Morgan fingerprint density at radius 2 is 1.58 bits per heavy atom. The Labute approximate surface area is 77.4 Å². The van der Waals surface area contributed by atoms with Crippen molar-refractivity contribution in [2.75, 3.05) is 0 Å². The molecular weight excluding hydrogens is 192 g/mol. The van der Waals surface area contributed by atoms with Crippen LogP contribution < -0.4 is 0 Å². The van der Waals surface area contributed by atoms with Crippen LogP contribution in [0.4, 0.5) is 0 Å². The molecule has 0 aliphatic heterocycles. The largest absolute Gasteiger partial charge is 0.379 e. The maximum Gasteiger partial charge on any atom is 0.157 e. The number of aromatic nitrogens is 2. The van der Waals surface area contributed by atoms with Crippen molar-refractivity contribution >= 4 is 22.7 Å². The maximum atomic E-state index is 9.67. The van der Waals surface area contributed by atoms with Gasteiger partial charge in [0, 0.05) is 23.2 Å². The Kier molecular flexibility index (Phi) is 2.16. The van der Waals surface area contributed by atoms with Gasteiger partial charge in [-0.05, 0) is 0 Å². The molecule has 2 aromatic rings. The van der Waals surface area contributed by atoms with Crippen LogP contribution in [0, 0.1) is 0 Å². The van der Waals surface area contributed by atoms with Crippen molar-refractivity contribution in [3.05, 3.63) is 33.2 Å². The van der Waals surface area contributed by atoms with Crippen molar-refractivity contribution in [3.63, 3.8) is 0 Å². The number of aliphatic hydroxyl groups is 1. The summed E-state index contributed by atoms with van der Waals surface area (Å²) in [4.78, 5) is 8.01. The quantitative estimate of drug-likeness (QED) is 0.798. The highest BCUT2D eigenvalue weighted by Gasteiger charge is 2.14. The summed E-state index contributed by atoms with van der Waals surface area (Å²) in [6.07, 6.45) is 2.71. The normalized spacial score (nSPS) is 10.8. The van der Waals surface area contributed by atoms with E-state index in [1.807, 2.05) is 10.8 Å². The standard InChI is InChI=1S/C7H6N2OS2/c10-5(6-8-1-3-11-6)7-9-2-4-12-7/h1-5,10H. The van der Waals surface area contributed by atoms with Gasteiger partial charge in [0.05, 0.1) is 0 Å². The molecule has 0 spiro atoms. The van der Waals surface area contributed by atoms with E-state index < -0.39 is 6.10 Å². The predicted octanol–water partition coefficient (Wildman–Crippen LogP) is 1.68. The van der Waals surface area contributed by atoms with Crippen LogP contribution in [0.5, 0.6) is 0 Å². The van der Waals surface area contributed by atoms with Gasteiger partial charge in [0.15, 0.2) is 6.10 Å². The van der Waals surface area contributed by atoms with Crippen LogP contribution in [-0.2, 0) is 0 Å². The smallest absolute Gasteiger partial charge is 0.157 e. The number of hydrogen-bond donors (Lipinski definition) is 1. The third-order valence-corrected chi connectivity index (χ3v) is 3.03. The lowest BCUT2D eigenvalue weighted by Crippen LogP contribution is -1.97. The second-order valence-electron chi connectivity index (χ2n) is 2.14. The molecule has 1 N–H and O–H groups in total. The van der Waals surface area contributed by atoms with E-state index in [2.05, 4.69) is 9.97 Å². The summed E-state index contributed by atoms with van der Waals surface area (Å²) in [6, 6.07) is 0. The zero-order chi connectivity index (χ0) is 8.39. The highest BCUT2D eigenvalue weighted by atomic mass is 32.1. The minimum Gasteiger partial charge on any atom is -0.379 e. The lowest BCUT2D eigenvalue weighted by Gasteiger charge is -2.00. The fraction of sp³-hybridized carbons (Fsp3) is 0.143. The van der Waals surface area contributed by atoms with Crippen molar-refractivity contribution in [3.8, 4) is 0 Å². The molecule has 62 valence electrons. The van der Waals surface area contributed by atoms with Gasteiger partial charge in [0.2, 0.25) is 0 Å². The van der Waals surface area contributed by atoms with Crippen molar-refractivity contribution in [2.24, 2.45) is 0 Å². The molecule has 0 saturated carbocycles. The zero-order valence-corrected chi connectivity index (χ0v) is 7.68. The third-order valence-electron chi connectivity index (χ3n) is 1.37. The molecule has 2 rings (SSSR count). The highest BCUT2D eigenvalue weighted by Crippen LogP contribution is 2.24. The molecule has 0 aliphatic carbocycles. The molecule has 0 radical (unpaired) electrons. The minimum atomic E-state index is -0.648. The lowest BCUT2D eigenvalue weighted by atomic mass is 10.4. The summed E-state index contributed by atoms with van der Waals surface area (Å²) in [6.45, 7) is 0. The van der Waals surface area contributed by atoms with Crippen LogP contribution in [-0.4, -0.2) is 15.1 Å². The van der Waals surface area contributed by atoms with Gasteiger partial charge in [0.25, 0.3) is 0 Å². The van der Waals surface area contributed by atoms with Crippen molar-refractivity contribution < 1.29 is 5.11 Å². The van der Waals surface area contributed by atoms with Crippen LogP contribution in [0.15, 0.2) is 23.2 Å². The molecule has 0 amide bonds. The summed E-state index contributed by atoms with van der Waals surface area (Å²) >= 11 is 2.87. The van der Waals surface area contributed by atoms with E-state index >= 15 is 0 Å². The summed E-state index contributed by atoms with van der Waals surface area (Å²) < 4.78 is 0. The Morgan fingerprint density at radius 1 is 1.08 bits per heavy atom. The van der Waals surface area contributed by atoms with Crippen molar-refractivity contribution in [1.29, 1.82) is 0 Å². The molecule has 3 nitrogen and oxygen atoms in total. The van der Waals surface area contributed by atoms with Crippen molar-refractivity contribution in [2.45, 2.75) is 6.10 Å². The molecular formula is C7H6N2OS2. The third kappa shape index (κ3) is 1.38. The predicted molar refractivity (Wildman–Crippen MR) is 48.3 cm³/mol. The summed E-state index contributed by atoms with van der Waals surface area (Å²) in [5, 5.41) is 14.7. The van der Waals surface area contributed by atoms with E-state index in [4.69, 9.17) is 0 Å². The van der Waals surface area contributed by atoms with Gasteiger partial charge in [-0.15, -0.1) is 22.7 Å². The van der Waals surface area contributed by atoms with Gasteiger partial charge < -0.3 is 5.11 Å². The Morgan fingerprint density at radius 3 is 1.92 bits per heavy atom. The average Bonchev–Trinajstić information content (AvgIpc) is 2.77. The van der Waals surface area contributed by atoms with Crippen LogP contribution in [0.3, 0.4) is 0 Å². The second kappa shape index (κ2) is 3.30. The molecule has 0 aromatic carbocycles. The molecule has 0 atom stereocenters. The SMILES string of the molecule is OC(c1nccs1)c1nccs1. The number of hydrogen-bond acceptors (Lipinski definition) is 5. The topological polar surface area (TPSA) is 46.0 Å². The van der Waals surface area contributed by atoms with Gasteiger partial charge in [-0.1, -0.05) is 0 Å². The number of thiazole rings is 2. The first kappa shape index (κ1) is 7.85. The van der Waals surface area contributed by atoms with Gasteiger partial charge in [-0.2, -0.15) is 0 Å². The maximum absolute atomic E-state index is 9.67. The minimum absolute atomic E-state index is 0.648. The summed E-state index contributed by atoms with van der Waals surface area (Å²) in [7, 11) is 0. The Bertz CT molecular complexity index is 296. The molecule has 0 saturated heterocycles.